The van der Waals surface area contributed by atoms with Gasteiger partial charge < -0.3 is 0 Å². The Bertz CT molecular complexity index is 401. The number of hydrogen-bond donors (Lipinski definition) is 0. The number of nitrogens with zero attached hydrogens (tertiary/aromatic N) is 2. The maximum atomic E-state index is 11.2. The van der Waals surface area contributed by atoms with Crippen LogP contribution in [0.4, 0.5) is 0 Å². The largest absolute Gasteiger partial charge is 0.347 e. The second-order valence-corrected chi connectivity index (χ2v) is 3.68. The number of Topliss-reactive ketones (excluding diaryl/α,β-unsaturated/α-hetero) is 1. The van der Waals surface area contributed by atoms with Gasteiger partial charge in [0, 0.05) is 25.6 Å². The van der Waals surface area contributed by atoms with Gasteiger partial charge in [-0.3, -0.25) is 9.36 Å². The summed E-state index contributed by atoms with van der Waals surface area (Å²) in [6, 6.07) is 0. The van der Waals surface area contributed by atoms with E-state index in [1.54, 1.807) is 0 Å². The average Bonchev–Trinajstić information content (AvgIpc) is 2.23. The predicted octanol–water partition coefficient (Wildman–Crippen LogP) is 1.66. The molecule has 0 atom stereocenters. The highest BCUT2D eigenvalue weighted by Crippen LogP contribution is 2.03. The van der Waals surface area contributed by atoms with Crippen LogP contribution in [-0.4, -0.2) is 15.3 Å². The van der Waals surface area contributed by atoms with Crippen LogP contribution >= 0.6 is 11.6 Å². The number of halogens is 1. The molecule has 0 bridgehead atoms. The summed E-state index contributed by atoms with van der Waals surface area (Å²) in [6.07, 6.45) is 4.54. The lowest BCUT2D eigenvalue weighted by molar-refractivity contribution is -0.118. The molecule has 0 fully saturated rings. The van der Waals surface area contributed by atoms with Crippen LogP contribution in [0.5, 0.6) is 0 Å². The van der Waals surface area contributed by atoms with Gasteiger partial charge in [-0.15, -0.1) is 0 Å². The molecule has 1 rings (SSSR count). The van der Waals surface area contributed by atoms with Crippen LogP contribution in [0.1, 0.15) is 26.2 Å². The third-order valence-corrected chi connectivity index (χ3v) is 2.27. The second kappa shape index (κ2) is 5.66. The average molecular weight is 229 g/mol. The molecular formula is C10H13ClN2O2. The van der Waals surface area contributed by atoms with E-state index in [4.69, 9.17) is 11.6 Å². The molecule has 0 spiro atoms. The Hall–Kier alpha value is -1.16. The minimum absolute atomic E-state index is 0.207. The highest BCUT2D eigenvalue weighted by Gasteiger charge is 2.01. The summed E-state index contributed by atoms with van der Waals surface area (Å²) >= 11 is 5.70. The summed E-state index contributed by atoms with van der Waals surface area (Å²) in [5.41, 5.74) is -0.330. The molecule has 82 valence electrons. The van der Waals surface area contributed by atoms with Crippen LogP contribution in [0.2, 0.25) is 5.02 Å². The van der Waals surface area contributed by atoms with Gasteiger partial charge in [0.1, 0.15) is 5.78 Å². The fraction of sp³-hybridized carbons (Fsp3) is 0.500. The van der Waals surface area contributed by atoms with E-state index in [9.17, 15) is 9.59 Å². The molecule has 0 aliphatic heterocycles. The van der Waals surface area contributed by atoms with Crippen LogP contribution in [0.15, 0.2) is 17.2 Å². The first-order valence-corrected chi connectivity index (χ1v) is 5.25. The lowest BCUT2D eigenvalue weighted by atomic mass is 10.2. The Labute approximate surface area is 92.9 Å². The Balaban J connectivity index is 2.54. The zero-order chi connectivity index (χ0) is 11.3. The predicted molar refractivity (Wildman–Crippen MR) is 58.0 cm³/mol. The van der Waals surface area contributed by atoms with Crippen molar-refractivity contribution in [3.05, 3.63) is 27.9 Å². The minimum Gasteiger partial charge on any atom is -0.300 e. The first-order valence-electron chi connectivity index (χ1n) is 4.87. The van der Waals surface area contributed by atoms with Crippen molar-refractivity contribution in [2.45, 2.75) is 32.7 Å². The fourth-order valence-electron chi connectivity index (χ4n) is 1.21. The minimum atomic E-state index is -0.330. The second-order valence-electron chi connectivity index (χ2n) is 3.24. The van der Waals surface area contributed by atoms with Gasteiger partial charge in [-0.2, -0.15) is 0 Å². The summed E-state index contributed by atoms with van der Waals surface area (Å²) in [5.74, 6) is 0.207. The molecule has 0 radical (unpaired) electrons. The van der Waals surface area contributed by atoms with Crippen LogP contribution in [0.3, 0.4) is 0 Å². The summed E-state index contributed by atoms with van der Waals surface area (Å²) < 4.78 is 1.42. The van der Waals surface area contributed by atoms with E-state index in [1.807, 2.05) is 6.92 Å². The molecule has 0 amide bonds. The van der Waals surface area contributed by atoms with Gasteiger partial charge in [0.05, 0.1) is 11.2 Å². The number of aryl methyl sites for hydroxylation is 1. The zero-order valence-electron chi connectivity index (χ0n) is 8.57. The SMILES string of the molecule is CCC(=O)CCCn1cc(Cl)cnc1=O. The van der Waals surface area contributed by atoms with Crippen LogP contribution < -0.4 is 5.69 Å². The summed E-state index contributed by atoms with van der Waals surface area (Å²) in [5, 5.41) is 0.427. The first kappa shape index (κ1) is 11.9. The monoisotopic (exact) mass is 228 g/mol. The van der Waals surface area contributed by atoms with Crippen LogP contribution in [0, 0.1) is 0 Å². The summed E-state index contributed by atoms with van der Waals surface area (Å²) in [6.45, 7) is 2.31. The van der Waals surface area contributed by atoms with Crippen molar-refractivity contribution in [1.29, 1.82) is 0 Å². The maximum absolute atomic E-state index is 11.2. The molecular weight excluding hydrogens is 216 g/mol. The van der Waals surface area contributed by atoms with Crippen molar-refractivity contribution >= 4 is 17.4 Å². The van der Waals surface area contributed by atoms with Gasteiger partial charge in [-0.25, -0.2) is 9.78 Å². The number of carbonyl (C=O) groups excluding carboxylic acids is 1. The van der Waals surface area contributed by atoms with Gasteiger partial charge in [0.15, 0.2) is 0 Å². The Kier molecular flexibility index (Phi) is 4.49. The lowest BCUT2D eigenvalue weighted by Gasteiger charge is -2.03. The third kappa shape index (κ3) is 3.83. The normalized spacial score (nSPS) is 10.3. The highest BCUT2D eigenvalue weighted by molar-refractivity contribution is 6.30. The van der Waals surface area contributed by atoms with Crippen molar-refractivity contribution in [1.82, 2.24) is 9.55 Å². The quantitative estimate of drug-likeness (QED) is 0.770. The number of carbonyl (C=O) groups is 1. The van der Waals surface area contributed by atoms with Gasteiger partial charge in [0.25, 0.3) is 0 Å². The van der Waals surface area contributed by atoms with Gasteiger partial charge in [-0.05, 0) is 6.42 Å². The van der Waals surface area contributed by atoms with Crippen LogP contribution in [0.25, 0.3) is 0 Å². The zero-order valence-corrected chi connectivity index (χ0v) is 9.33. The molecule has 1 aromatic rings. The molecule has 15 heavy (non-hydrogen) atoms. The molecule has 0 aliphatic carbocycles. The molecule has 0 aliphatic rings. The first-order chi connectivity index (χ1) is 7.13. The number of ketones is 1. The highest BCUT2D eigenvalue weighted by atomic mass is 35.5. The van der Waals surface area contributed by atoms with E-state index in [2.05, 4.69) is 4.98 Å². The summed E-state index contributed by atoms with van der Waals surface area (Å²) in [4.78, 5) is 25.8. The van der Waals surface area contributed by atoms with Gasteiger partial charge in [0.2, 0.25) is 0 Å². The van der Waals surface area contributed by atoms with E-state index < -0.39 is 0 Å². The number of aromatic nitrogens is 2. The smallest absolute Gasteiger partial charge is 0.300 e. The molecule has 0 saturated carbocycles. The fourth-order valence-corrected chi connectivity index (χ4v) is 1.38. The number of rotatable bonds is 5. The molecule has 0 unspecified atom stereocenters. The molecule has 0 aromatic carbocycles. The van der Waals surface area contributed by atoms with Gasteiger partial charge in [-0.1, -0.05) is 18.5 Å². The molecule has 5 heteroatoms. The van der Waals surface area contributed by atoms with E-state index in [0.717, 1.165) is 0 Å². The van der Waals surface area contributed by atoms with Crippen molar-refractivity contribution in [3.8, 4) is 0 Å². The molecule has 1 aromatic heterocycles. The van der Waals surface area contributed by atoms with Crippen molar-refractivity contribution in [3.63, 3.8) is 0 Å². The van der Waals surface area contributed by atoms with Crippen molar-refractivity contribution in [2.24, 2.45) is 0 Å². The number of hydrogen-bond acceptors (Lipinski definition) is 3. The van der Waals surface area contributed by atoms with Crippen molar-refractivity contribution in [2.75, 3.05) is 0 Å². The van der Waals surface area contributed by atoms with Crippen molar-refractivity contribution < 1.29 is 4.79 Å². The third-order valence-electron chi connectivity index (χ3n) is 2.07. The lowest BCUT2D eigenvalue weighted by Crippen LogP contribution is -2.22. The Morgan fingerprint density at radius 2 is 2.33 bits per heavy atom. The van der Waals surface area contributed by atoms with Gasteiger partial charge >= 0.3 is 5.69 Å². The van der Waals surface area contributed by atoms with E-state index >= 15 is 0 Å². The van der Waals surface area contributed by atoms with E-state index in [1.165, 1.54) is 17.0 Å². The Morgan fingerprint density at radius 3 is 3.00 bits per heavy atom. The molecule has 0 N–H and O–H groups in total. The molecule has 4 nitrogen and oxygen atoms in total. The molecule has 1 heterocycles. The topological polar surface area (TPSA) is 52.0 Å². The molecule has 0 saturated heterocycles. The van der Waals surface area contributed by atoms with E-state index in [0.29, 0.717) is 30.8 Å². The van der Waals surface area contributed by atoms with Crippen LogP contribution in [-0.2, 0) is 11.3 Å². The maximum Gasteiger partial charge on any atom is 0.347 e. The summed E-state index contributed by atoms with van der Waals surface area (Å²) in [7, 11) is 0. The van der Waals surface area contributed by atoms with E-state index in [-0.39, 0.29) is 11.5 Å². The standard InChI is InChI=1S/C10H13ClN2O2/c1-2-9(14)4-3-5-13-7-8(11)6-12-10(13)15/h6-7H,2-5H2,1H3. The Morgan fingerprint density at radius 1 is 1.60 bits per heavy atom.